The highest BCUT2D eigenvalue weighted by atomic mass is 16.6. The Hall–Kier alpha value is -1.88. The molecule has 0 aromatic heterocycles. The van der Waals surface area contributed by atoms with E-state index >= 15 is 0 Å². The Morgan fingerprint density at radius 2 is 2.33 bits per heavy atom. The van der Waals surface area contributed by atoms with Crippen molar-refractivity contribution < 1.29 is 4.92 Å². The van der Waals surface area contributed by atoms with Crippen LogP contribution in [0.5, 0.6) is 0 Å². The van der Waals surface area contributed by atoms with Crippen LogP contribution in [0.4, 0.5) is 5.69 Å². The number of nitrogens with zero attached hydrogens (tertiary/aromatic N) is 1. The van der Waals surface area contributed by atoms with Crippen molar-refractivity contribution in [2.75, 3.05) is 6.54 Å². The molecule has 1 unspecified atom stereocenters. The number of nitro benzene ring substituents is 1. The zero-order chi connectivity index (χ0) is 10.7. The molecule has 5 heteroatoms. The summed E-state index contributed by atoms with van der Waals surface area (Å²) in [7, 11) is 0. The van der Waals surface area contributed by atoms with Crippen LogP contribution in [0.25, 0.3) is 0 Å². The van der Waals surface area contributed by atoms with E-state index in [4.69, 9.17) is 0 Å². The number of nitro groups is 1. The zero-order valence-electron chi connectivity index (χ0n) is 8.01. The molecule has 2 rings (SSSR count). The molecule has 1 aromatic carbocycles. The molecule has 5 nitrogen and oxygen atoms in total. The van der Waals surface area contributed by atoms with Crippen molar-refractivity contribution in [3.05, 3.63) is 52.2 Å². The summed E-state index contributed by atoms with van der Waals surface area (Å²) in [5.74, 6) is 0. The van der Waals surface area contributed by atoms with Crippen molar-refractivity contribution in [1.29, 1.82) is 0 Å². The van der Waals surface area contributed by atoms with Crippen LogP contribution in [0, 0.1) is 10.1 Å². The molecule has 2 N–H and O–H groups in total. The molecule has 15 heavy (non-hydrogen) atoms. The summed E-state index contributed by atoms with van der Waals surface area (Å²) in [4.78, 5) is 10.2. The fourth-order valence-corrected chi connectivity index (χ4v) is 1.50. The van der Waals surface area contributed by atoms with Crippen LogP contribution in [0.1, 0.15) is 11.7 Å². The maximum absolute atomic E-state index is 10.6. The Bertz CT molecular complexity index is 403. The molecule has 1 aliphatic heterocycles. The largest absolute Gasteiger partial charge is 0.372 e. The number of non-ortho nitro benzene ring substituents is 1. The van der Waals surface area contributed by atoms with E-state index in [1.165, 1.54) is 6.07 Å². The van der Waals surface area contributed by atoms with Crippen molar-refractivity contribution >= 4 is 5.69 Å². The van der Waals surface area contributed by atoms with E-state index in [-0.39, 0.29) is 16.8 Å². The second-order valence-electron chi connectivity index (χ2n) is 3.26. The quantitative estimate of drug-likeness (QED) is 0.564. The van der Waals surface area contributed by atoms with E-state index in [9.17, 15) is 10.1 Å². The van der Waals surface area contributed by atoms with E-state index in [2.05, 4.69) is 10.6 Å². The Labute approximate surface area is 86.9 Å². The summed E-state index contributed by atoms with van der Waals surface area (Å²) in [5.41, 5.74) is 0.985. The molecular formula is C10H11N3O2. The van der Waals surface area contributed by atoms with Crippen molar-refractivity contribution in [2.24, 2.45) is 0 Å². The first kappa shape index (κ1) is 9.67. The molecule has 0 fully saturated rings. The first-order chi connectivity index (χ1) is 7.27. The van der Waals surface area contributed by atoms with Crippen molar-refractivity contribution in [3.63, 3.8) is 0 Å². The van der Waals surface area contributed by atoms with Gasteiger partial charge in [-0.2, -0.15) is 0 Å². The second-order valence-corrected chi connectivity index (χ2v) is 3.26. The van der Waals surface area contributed by atoms with E-state index in [1.807, 2.05) is 18.3 Å². The van der Waals surface area contributed by atoms with Gasteiger partial charge in [-0.15, -0.1) is 0 Å². The Morgan fingerprint density at radius 1 is 1.47 bits per heavy atom. The van der Waals surface area contributed by atoms with Gasteiger partial charge in [-0.3, -0.25) is 15.4 Å². The Morgan fingerprint density at radius 3 is 3.00 bits per heavy atom. The molecular weight excluding hydrogens is 194 g/mol. The SMILES string of the molecule is O=[N+]([O-])c1cccc(C2NC=CCN2)c1. The Kier molecular flexibility index (Phi) is 2.64. The monoisotopic (exact) mass is 205 g/mol. The lowest BCUT2D eigenvalue weighted by Crippen LogP contribution is -2.34. The lowest BCUT2D eigenvalue weighted by molar-refractivity contribution is -0.384. The summed E-state index contributed by atoms with van der Waals surface area (Å²) in [6, 6.07) is 6.61. The van der Waals surface area contributed by atoms with Gasteiger partial charge in [0, 0.05) is 18.7 Å². The van der Waals surface area contributed by atoms with E-state index in [0.29, 0.717) is 0 Å². The summed E-state index contributed by atoms with van der Waals surface area (Å²) < 4.78 is 0. The van der Waals surface area contributed by atoms with Crippen LogP contribution in [-0.4, -0.2) is 11.5 Å². The van der Waals surface area contributed by atoms with Crippen molar-refractivity contribution in [1.82, 2.24) is 10.6 Å². The number of nitrogens with one attached hydrogen (secondary N) is 2. The highest BCUT2D eigenvalue weighted by molar-refractivity contribution is 5.36. The lowest BCUT2D eigenvalue weighted by Gasteiger charge is -2.21. The van der Waals surface area contributed by atoms with Crippen molar-refractivity contribution in [2.45, 2.75) is 6.17 Å². The number of rotatable bonds is 2. The molecule has 1 aliphatic rings. The van der Waals surface area contributed by atoms with Crippen LogP contribution >= 0.6 is 0 Å². The first-order valence-corrected chi connectivity index (χ1v) is 4.66. The van der Waals surface area contributed by atoms with Crippen LogP contribution in [0.3, 0.4) is 0 Å². The molecule has 0 amide bonds. The van der Waals surface area contributed by atoms with Gasteiger partial charge in [-0.1, -0.05) is 18.2 Å². The van der Waals surface area contributed by atoms with Crippen LogP contribution in [0.15, 0.2) is 36.5 Å². The molecule has 78 valence electrons. The standard InChI is InChI=1S/C10H11N3O2/c14-13(15)9-4-1-3-8(7-9)10-11-5-2-6-12-10/h1-5,7,10-12H,6H2. The minimum atomic E-state index is -0.387. The predicted octanol–water partition coefficient (Wildman–Crippen LogP) is 1.30. The van der Waals surface area contributed by atoms with Gasteiger partial charge in [0.05, 0.1) is 4.92 Å². The maximum Gasteiger partial charge on any atom is 0.269 e. The first-order valence-electron chi connectivity index (χ1n) is 4.66. The summed E-state index contributed by atoms with van der Waals surface area (Å²) in [6.45, 7) is 0.764. The molecule has 1 atom stereocenters. The van der Waals surface area contributed by atoms with E-state index < -0.39 is 0 Å². The van der Waals surface area contributed by atoms with Crippen molar-refractivity contribution in [3.8, 4) is 0 Å². The fourth-order valence-electron chi connectivity index (χ4n) is 1.50. The fraction of sp³-hybridized carbons (Fsp3) is 0.200. The van der Waals surface area contributed by atoms with Crippen LogP contribution < -0.4 is 10.6 Å². The average Bonchev–Trinajstić information content (AvgIpc) is 2.30. The Balaban J connectivity index is 2.24. The topological polar surface area (TPSA) is 67.2 Å². The maximum atomic E-state index is 10.6. The predicted molar refractivity (Wildman–Crippen MR) is 56.1 cm³/mol. The molecule has 1 aromatic rings. The van der Waals surface area contributed by atoms with Crippen LogP contribution in [0.2, 0.25) is 0 Å². The summed E-state index contributed by atoms with van der Waals surface area (Å²) >= 11 is 0. The second kappa shape index (κ2) is 4.10. The normalized spacial score (nSPS) is 19.6. The molecule has 0 saturated heterocycles. The van der Waals surface area contributed by atoms with Gasteiger partial charge in [0.1, 0.15) is 6.17 Å². The molecule has 1 heterocycles. The smallest absolute Gasteiger partial charge is 0.269 e. The van der Waals surface area contributed by atoms with Gasteiger partial charge in [0.2, 0.25) is 0 Å². The van der Waals surface area contributed by atoms with Crippen LogP contribution in [-0.2, 0) is 0 Å². The number of hydrogen-bond acceptors (Lipinski definition) is 4. The lowest BCUT2D eigenvalue weighted by atomic mass is 10.1. The van der Waals surface area contributed by atoms with Gasteiger partial charge in [-0.25, -0.2) is 0 Å². The minimum Gasteiger partial charge on any atom is -0.372 e. The minimum absolute atomic E-state index is 0.0464. The highest BCUT2D eigenvalue weighted by Crippen LogP contribution is 2.18. The van der Waals surface area contributed by atoms with E-state index in [1.54, 1.807) is 12.1 Å². The third-order valence-electron chi connectivity index (χ3n) is 2.23. The van der Waals surface area contributed by atoms with Gasteiger partial charge < -0.3 is 5.32 Å². The molecule has 0 aliphatic carbocycles. The van der Waals surface area contributed by atoms with Gasteiger partial charge in [-0.05, 0) is 11.8 Å². The molecule has 0 radical (unpaired) electrons. The number of benzene rings is 1. The van der Waals surface area contributed by atoms with E-state index in [0.717, 1.165) is 12.1 Å². The third kappa shape index (κ3) is 2.13. The number of hydrogen-bond donors (Lipinski definition) is 2. The third-order valence-corrected chi connectivity index (χ3v) is 2.23. The zero-order valence-corrected chi connectivity index (χ0v) is 8.01. The highest BCUT2D eigenvalue weighted by Gasteiger charge is 2.13. The van der Waals surface area contributed by atoms with Gasteiger partial charge >= 0.3 is 0 Å². The van der Waals surface area contributed by atoms with Gasteiger partial charge in [0.25, 0.3) is 5.69 Å². The average molecular weight is 205 g/mol. The molecule has 0 saturated carbocycles. The summed E-state index contributed by atoms with van der Waals surface area (Å²) in [6.07, 6.45) is 3.75. The molecule has 0 bridgehead atoms. The molecule has 0 spiro atoms. The summed E-state index contributed by atoms with van der Waals surface area (Å²) in [5, 5.41) is 16.9. The van der Waals surface area contributed by atoms with Gasteiger partial charge in [0.15, 0.2) is 0 Å².